The quantitative estimate of drug-likeness (QED) is 0.193. The first-order valence-electron chi connectivity index (χ1n) is 16.8. The number of hydrogen-bond donors (Lipinski definition) is 3. The van der Waals surface area contributed by atoms with Gasteiger partial charge < -0.3 is 25.8 Å². The molecular weight excluding hydrogens is 653 g/mol. The topological polar surface area (TPSA) is 152 Å². The van der Waals surface area contributed by atoms with Gasteiger partial charge in [0.1, 0.15) is 35.4 Å². The SMILES string of the molecule is Nc1nc2sc(CNC3CCN(CC(O)(Cn4cncn4)c4cccnc4)CC3)cc2n(-c2ccc3c(c2)N(c2ccccc2)CCO3)c1=O. The van der Waals surface area contributed by atoms with Crippen LogP contribution < -0.4 is 26.2 Å². The summed E-state index contributed by atoms with van der Waals surface area (Å²) in [6.45, 7) is 4.34. The zero-order chi connectivity index (χ0) is 34.1. The molecule has 1 atom stereocenters. The number of fused-ring (bicyclic) bond motifs is 2. The maximum Gasteiger partial charge on any atom is 0.298 e. The summed E-state index contributed by atoms with van der Waals surface area (Å²) in [6, 6.07) is 22.1. The third-order valence-corrected chi connectivity index (χ3v) is 10.5. The maximum absolute atomic E-state index is 13.5. The summed E-state index contributed by atoms with van der Waals surface area (Å²) in [4.78, 5) is 32.6. The average Bonchev–Trinajstić information content (AvgIpc) is 3.81. The predicted octanol–water partition coefficient (Wildman–Crippen LogP) is 3.69. The molecule has 13 nitrogen and oxygen atoms in total. The normalized spacial score (nSPS) is 16.6. The Bertz CT molecular complexity index is 2130. The summed E-state index contributed by atoms with van der Waals surface area (Å²) in [5, 5.41) is 19.8. The fourth-order valence-electron chi connectivity index (χ4n) is 6.97. The van der Waals surface area contributed by atoms with Crippen LogP contribution in [0.25, 0.3) is 16.0 Å². The van der Waals surface area contributed by atoms with Crippen molar-refractivity contribution < 1.29 is 9.84 Å². The van der Waals surface area contributed by atoms with Gasteiger partial charge in [0.15, 0.2) is 5.82 Å². The highest BCUT2D eigenvalue weighted by Crippen LogP contribution is 2.38. The standard InChI is InChI=1S/C36H38N10O3S/c37-33-35(47)46(28-8-9-32-30(17-28)45(15-16-49-32)27-6-2-1-3-7-27)31-18-29(50-34(31)42-33)20-40-26-10-13-43(14-11-26)21-36(48,22-44-24-39-23-41-44)25-5-4-12-38-19-25/h1-9,12,17-19,23-24,26,40,48H,10-11,13-16,20-22H2,(H2,37,42). The van der Waals surface area contributed by atoms with Gasteiger partial charge >= 0.3 is 0 Å². The second-order valence-corrected chi connectivity index (χ2v) is 13.9. The number of piperidine rings is 1. The first-order valence-corrected chi connectivity index (χ1v) is 17.6. The van der Waals surface area contributed by atoms with E-state index < -0.39 is 5.60 Å². The lowest BCUT2D eigenvalue weighted by Gasteiger charge is -2.38. The van der Waals surface area contributed by atoms with Crippen molar-refractivity contribution in [2.45, 2.75) is 37.6 Å². The molecule has 0 saturated carbocycles. The molecule has 4 aromatic heterocycles. The van der Waals surface area contributed by atoms with Gasteiger partial charge in [0, 0.05) is 47.7 Å². The first kappa shape index (κ1) is 32.1. The molecule has 14 heteroatoms. The van der Waals surface area contributed by atoms with Gasteiger partial charge in [0.25, 0.3) is 5.56 Å². The molecule has 6 heterocycles. The van der Waals surface area contributed by atoms with Crippen molar-refractivity contribution in [2.24, 2.45) is 0 Å². The number of β-amino-alcohol motifs (C(OH)–C–C–N with tert-alkyl or cyclic N) is 1. The Labute approximate surface area is 292 Å². The third kappa shape index (κ3) is 6.45. The number of nitrogens with one attached hydrogen (secondary N) is 1. The highest BCUT2D eigenvalue weighted by Gasteiger charge is 2.34. The second-order valence-electron chi connectivity index (χ2n) is 12.8. The van der Waals surface area contributed by atoms with E-state index in [-0.39, 0.29) is 17.9 Å². The lowest BCUT2D eigenvalue weighted by Crippen LogP contribution is -2.49. The summed E-state index contributed by atoms with van der Waals surface area (Å²) in [5.74, 6) is 0.739. The molecule has 0 radical (unpaired) electrons. The van der Waals surface area contributed by atoms with Crippen LogP contribution in [0.15, 0.2) is 96.6 Å². The molecule has 0 amide bonds. The molecule has 6 aromatic rings. The minimum Gasteiger partial charge on any atom is -0.490 e. The van der Waals surface area contributed by atoms with Gasteiger partial charge in [-0.1, -0.05) is 24.3 Å². The van der Waals surface area contributed by atoms with Crippen LogP contribution >= 0.6 is 11.3 Å². The minimum absolute atomic E-state index is 0.0322. The van der Waals surface area contributed by atoms with Crippen molar-refractivity contribution in [1.29, 1.82) is 0 Å². The number of benzene rings is 2. The van der Waals surface area contributed by atoms with E-state index in [9.17, 15) is 9.90 Å². The number of hydrogen-bond acceptors (Lipinski definition) is 12. The van der Waals surface area contributed by atoms with Crippen molar-refractivity contribution in [2.75, 3.05) is 43.4 Å². The van der Waals surface area contributed by atoms with Gasteiger partial charge in [-0.2, -0.15) is 5.10 Å². The fourth-order valence-corrected chi connectivity index (χ4v) is 7.94. The first-order chi connectivity index (χ1) is 24.4. The Kier molecular flexibility index (Phi) is 8.75. The summed E-state index contributed by atoms with van der Waals surface area (Å²) in [6.07, 6.45) is 8.39. The Morgan fingerprint density at radius 3 is 2.64 bits per heavy atom. The molecule has 0 spiro atoms. The Morgan fingerprint density at radius 1 is 1.00 bits per heavy atom. The number of nitrogens with zero attached hydrogens (tertiary/aromatic N) is 8. The smallest absolute Gasteiger partial charge is 0.298 e. The van der Waals surface area contributed by atoms with Crippen molar-refractivity contribution in [3.05, 3.63) is 113 Å². The van der Waals surface area contributed by atoms with Crippen LogP contribution in [0.2, 0.25) is 0 Å². The Balaban J connectivity index is 0.967. The lowest BCUT2D eigenvalue weighted by atomic mass is 9.93. The van der Waals surface area contributed by atoms with Crippen LogP contribution in [0, 0.1) is 0 Å². The Morgan fingerprint density at radius 2 is 1.86 bits per heavy atom. The number of para-hydroxylation sites is 1. The molecular formula is C36H38N10O3S. The fraction of sp³-hybridized carbons (Fsp3) is 0.306. The predicted molar refractivity (Wildman–Crippen MR) is 193 cm³/mol. The number of likely N-dealkylation sites (tertiary alicyclic amines) is 1. The third-order valence-electron chi connectivity index (χ3n) is 9.49. The number of rotatable bonds is 10. The number of nitrogen functional groups attached to an aromatic ring is 1. The van der Waals surface area contributed by atoms with E-state index in [1.807, 2.05) is 54.6 Å². The molecule has 2 aliphatic heterocycles. The molecule has 256 valence electrons. The van der Waals surface area contributed by atoms with Gasteiger partial charge in [-0.15, -0.1) is 11.3 Å². The van der Waals surface area contributed by atoms with E-state index in [0.717, 1.165) is 59.0 Å². The lowest BCUT2D eigenvalue weighted by molar-refractivity contribution is -0.0249. The van der Waals surface area contributed by atoms with E-state index in [0.29, 0.717) is 42.8 Å². The Hall–Kier alpha value is -5.15. The van der Waals surface area contributed by atoms with Gasteiger partial charge in [-0.3, -0.25) is 19.2 Å². The number of nitrogens with two attached hydrogens (primary N) is 1. The molecule has 0 aliphatic carbocycles. The molecule has 0 bridgehead atoms. The second kappa shape index (κ2) is 13.6. The zero-order valence-electron chi connectivity index (χ0n) is 27.4. The van der Waals surface area contributed by atoms with Crippen LogP contribution in [0.1, 0.15) is 23.3 Å². The van der Waals surface area contributed by atoms with E-state index >= 15 is 0 Å². The van der Waals surface area contributed by atoms with Gasteiger partial charge in [0.05, 0.1) is 30.0 Å². The van der Waals surface area contributed by atoms with Crippen LogP contribution in [-0.4, -0.2) is 78.1 Å². The van der Waals surface area contributed by atoms with Crippen LogP contribution in [-0.2, 0) is 18.7 Å². The van der Waals surface area contributed by atoms with Crippen molar-refractivity contribution in [3.8, 4) is 11.4 Å². The summed E-state index contributed by atoms with van der Waals surface area (Å²) in [5.41, 5.74) is 8.84. The van der Waals surface area contributed by atoms with E-state index in [1.54, 1.807) is 39.3 Å². The largest absolute Gasteiger partial charge is 0.490 e. The molecule has 2 aromatic carbocycles. The highest BCUT2D eigenvalue weighted by atomic mass is 32.1. The minimum atomic E-state index is -1.16. The molecule has 4 N–H and O–H groups in total. The number of aromatic nitrogens is 6. The number of aliphatic hydroxyl groups is 1. The van der Waals surface area contributed by atoms with Gasteiger partial charge in [0.2, 0.25) is 0 Å². The molecule has 50 heavy (non-hydrogen) atoms. The molecule has 8 rings (SSSR count). The summed E-state index contributed by atoms with van der Waals surface area (Å²) < 4.78 is 9.30. The maximum atomic E-state index is 13.5. The van der Waals surface area contributed by atoms with Crippen molar-refractivity contribution in [1.82, 2.24) is 39.5 Å². The number of pyridine rings is 1. The van der Waals surface area contributed by atoms with Crippen molar-refractivity contribution >= 4 is 38.9 Å². The molecule has 2 aliphatic rings. The van der Waals surface area contributed by atoms with Gasteiger partial charge in [-0.05, 0) is 68.4 Å². The van der Waals surface area contributed by atoms with Gasteiger partial charge in [-0.25, -0.2) is 14.6 Å². The van der Waals surface area contributed by atoms with Crippen LogP contribution in [0.3, 0.4) is 0 Å². The van der Waals surface area contributed by atoms with Crippen molar-refractivity contribution in [3.63, 3.8) is 0 Å². The molecule has 1 unspecified atom stereocenters. The van der Waals surface area contributed by atoms with Crippen LogP contribution in [0.4, 0.5) is 17.2 Å². The number of ether oxygens (including phenoxy) is 1. The molecule has 1 fully saturated rings. The van der Waals surface area contributed by atoms with Crippen LogP contribution in [0.5, 0.6) is 5.75 Å². The summed E-state index contributed by atoms with van der Waals surface area (Å²) >= 11 is 1.54. The highest BCUT2D eigenvalue weighted by molar-refractivity contribution is 7.18. The van der Waals surface area contributed by atoms with E-state index in [2.05, 4.69) is 47.3 Å². The summed E-state index contributed by atoms with van der Waals surface area (Å²) in [7, 11) is 0. The zero-order valence-corrected chi connectivity index (χ0v) is 28.2. The number of anilines is 3. The van der Waals surface area contributed by atoms with E-state index in [4.69, 9.17) is 10.5 Å². The monoisotopic (exact) mass is 690 g/mol. The molecule has 1 saturated heterocycles. The van der Waals surface area contributed by atoms with E-state index in [1.165, 1.54) is 6.33 Å². The average molecular weight is 691 g/mol. The number of thiophene rings is 1.